The van der Waals surface area contributed by atoms with E-state index >= 15 is 0 Å². The number of nitrogens with two attached hydrogens (primary N) is 1. The summed E-state index contributed by atoms with van der Waals surface area (Å²) < 4.78 is 0. The second kappa shape index (κ2) is 6.61. The third-order valence-corrected chi connectivity index (χ3v) is 0.828. The van der Waals surface area contributed by atoms with Crippen LogP contribution in [0.5, 0.6) is 0 Å². The van der Waals surface area contributed by atoms with Crippen molar-refractivity contribution in [3.8, 4) is 12.3 Å². The number of amides is 2. The molecule has 0 aliphatic heterocycles. The summed E-state index contributed by atoms with van der Waals surface area (Å²) in [7, 11) is 0. The van der Waals surface area contributed by atoms with Gasteiger partial charge in [-0.25, -0.2) is 14.8 Å². The summed E-state index contributed by atoms with van der Waals surface area (Å²) in [6, 6.07) is -0.616. The molecule has 0 aromatic carbocycles. The van der Waals surface area contributed by atoms with E-state index in [0.717, 1.165) is 0 Å². The number of nitrogens with one attached hydrogen (secondary N) is 1. The van der Waals surface area contributed by atoms with Gasteiger partial charge < -0.3 is 11.1 Å². The average molecular weight is 178 g/mol. The Morgan fingerprint density at radius 3 is 2.46 bits per heavy atom. The molecule has 0 saturated heterocycles. The molecule has 0 aliphatic rings. The maximum Gasteiger partial charge on any atom is 0.316 e. The number of carbonyl (C=O) groups is 1. The van der Waals surface area contributed by atoms with Crippen molar-refractivity contribution in [2.45, 2.75) is 6.92 Å². The second-order valence-electron chi connectivity index (χ2n) is 1.91. The van der Waals surface area contributed by atoms with Crippen LogP contribution in [0.3, 0.4) is 0 Å². The molecule has 68 valence electrons. The topological polar surface area (TPSA) is 80.9 Å². The van der Waals surface area contributed by atoms with Crippen LogP contribution in [0, 0.1) is 12.3 Å². The average Bonchev–Trinajstić information content (AvgIpc) is 2.06. The van der Waals surface area contributed by atoms with Crippen molar-refractivity contribution in [3.05, 3.63) is 18.7 Å². The number of urea groups is 1. The fraction of sp³-hybridized carbons (Fsp3) is 0.125. The first-order chi connectivity index (χ1) is 6.20. The van der Waals surface area contributed by atoms with Crippen LogP contribution in [0.1, 0.15) is 6.92 Å². The lowest BCUT2D eigenvalue weighted by atomic mass is 10.5. The predicted octanol–water partition coefficient (Wildman–Crippen LogP) is 0.607. The number of anilines is 1. The molecule has 1 heterocycles. The van der Waals surface area contributed by atoms with Crippen LogP contribution in [0.15, 0.2) is 18.7 Å². The third-order valence-electron chi connectivity index (χ3n) is 0.828. The molecule has 0 fully saturated rings. The molecule has 3 N–H and O–H groups in total. The molecule has 0 atom stereocenters. The fourth-order valence-electron chi connectivity index (χ4n) is 0.506. The minimum Gasteiger partial charge on any atom is -0.351 e. The summed E-state index contributed by atoms with van der Waals surface area (Å²) in [6.45, 7) is 1.65. The van der Waals surface area contributed by atoms with Crippen LogP contribution >= 0.6 is 0 Å². The van der Waals surface area contributed by atoms with Gasteiger partial charge in [-0.05, 0) is 6.92 Å². The number of primary amides is 1. The normalized spacial score (nSPS) is 7.38. The highest BCUT2D eigenvalue weighted by atomic mass is 16.2. The molecule has 0 aliphatic carbocycles. The van der Waals surface area contributed by atoms with Crippen molar-refractivity contribution < 1.29 is 4.79 Å². The molecule has 0 spiro atoms. The molecule has 0 bridgehead atoms. The van der Waals surface area contributed by atoms with Gasteiger partial charge in [-0.3, -0.25) is 0 Å². The van der Waals surface area contributed by atoms with Crippen molar-refractivity contribution in [2.24, 2.45) is 5.73 Å². The summed E-state index contributed by atoms with van der Waals surface area (Å²) in [5.41, 5.74) is 5.31. The number of nitrogens with zero attached hydrogens (tertiary/aromatic N) is 2. The lowest BCUT2D eigenvalue weighted by Gasteiger charge is -1.96. The van der Waals surface area contributed by atoms with E-state index in [1.807, 2.05) is 0 Å². The smallest absolute Gasteiger partial charge is 0.316 e. The molecule has 0 unspecified atom stereocenters. The van der Waals surface area contributed by atoms with Gasteiger partial charge in [0.05, 0.1) is 18.1 Å². The lowest BCUT2D eigenvalue weighted by Crippen LogP contribution is -2.19. The Labute approximate surface area is 76.4 Å². The van der Waals surface area contributed by atoms with Gasteiger partial charge in [0.1, 0.15) is 6.33 Å². The number of carbonyl (C=O) groups excluding carboxylic acids is 1. The van der Waals surface area contributed by atoms with E-state index < -0.39 is 6.03 Å². The monoisotopic (exact) mass is 178 g/mol. The number of terminal acetylenes is 1. The van der Waals surface area contributed by atoms with Gasteiger partial charge in [0.25, 0.3) is 0 Å². The van der Waals surface area contributed by atoms with Gasteiger partial charge in [-0.2, -0.15) is 0 Å². The van der Waals surface area contributed by atoms with E-state index in [1.54, 1.807) is 6.92 Å². The van der Waals surface area contributed by atoms with E-state index in [9.17, 15) is 4.79 Å². The molecular formula is C8H10N4O. The van der Waals surface area contributed by atoms with Gasteiger partial charge >= 0.3 is 6.03 Å². The number of hydrogen-bond acceptors (Lipinski definition) is 3. The molecular weight excluding hydrogens is 168 g/mol. The number of hydrogen-bond donors (Lipinski definition) is 2. The van der Waals surface area contributed by atoms with E-state index in [4.69, 9.17) is 5.73 Å². The highest BCUT2D eigenvalue weighted by molar-refractivity contribution is 5.87. The van der Waals surface area contributed by atoms with Crippen LogP contribution in [0.2, 0.25) is 0 Å². The quantitative estimate of drug-likeness (QED) is 0.618. The number of aromatic nitrogens is 2. The van der Waals surface area contributed by atoms with E-state index in [-0.39, 0.29) is 0 Å². The second-order valence-corrected chi connectivity index (χ2v) is 1.91. The Hall–Kier alpha value is -2.09. The maximum atomic E-state index is 10.2. The van der Waals surface area contributed by atoms with E-state index in [0.29, 0.717) is 5.69 Å². The summed E-state index contributed by atoms with van der Waals surface area (Å²) in [6.07, 6.45) is 8.88. The van der Waals surface area contributed by atoms with Crippen LogP contribution in [0.25, 0.3) is 0 Å². The summed E-state index contributed by atoms with van der Waals surface area (Å²) in [5.74, 6) is 2.25. The van der Waals surface area contributed by atoms with Crippen molar-refractivity contribution in [2.75, 3.05) is 5.32 Å². The van der Waals surface area contributed by atoms with Crippen LogP contribution in [-0.2, 0) is 0 Å². The molecule has 1 aromatic rings. The molecule has 1 rings (SSSR count). The molecule has 5 heteroatoms. The molecule has 5 nitrogen and oxygen atoms in total. The van der Waals surface area contributed by atoms with Crippen molar-refractivity contribution in [1.29, 1.82) is 0 Å². The first-order valence-corrected chi connectivity index (χ1v) is 3.39. The van der Waals surface area contributed by atoms with Crippen molar-refractivity contribution in [1.82, 2.24) is 9.97 Å². The molecule has 1 aromatic heterocycles. The SMILES string of the molecule is C#CC.NC(=O)Nc1cncnc1. The van der Waals surface area contributed by atoms with Crippen LogP contribution in [-0.4, -0.2) is 16.0 Å². The van der Waals surface area contributed by atoms with E-state index in [2.05, 4.69) is 27.6 Å². The zero-order chi connectivity index (χ0) is 10.1. The van der Waals surface area contributed by atoms with Gasteiger partial charge in [-0.1, -0.05) is 0 Å². The van der Waals surface area contributed by atoms with Gasteiger partial charge in [-0.15, -0.1) is 12.3 Å². The van der Waals surface area contributed by atoms with E-state index in [1.165, 1.54) is 18.7 Å². The predicted molar refractivity (Wildman–Crippen MR) is 49.7 cm³/mol. The Kier molecular flexibility index (Phi) is 5.55. The van der Waals surface area contributed by atoms with Gasteiger partial charge in [0.15, 0.2) is 0 Å². The summed E-state index contributed by atoms with van der Waals surface area (Å²) >= 11 is 0. The van der Waals surface area contributed by atoms with Crippen molar-refractivity contribution >= 4 is 11.7 Å². The zero-order valence-electron chi connectivity index (χ0n) is 7.19. The highest BCUT2D eigenvalue weighted by Gasteiger charge is 1.92. The first kappa shape index (κ1) is 10.9. The summed E-state index contributed by atoms with van der Waals surface area (Å²) in [5, 5.41) is 2.32. The minimum atomic E-state index is -0.616. The third kappa shape index (κ3) is 6.31. The standard InChI is InChI=1S/C5H6N4O.C3H4/c6-5(10)9-4-1-7-3-8-2-4;1-3-2/h1-3H,(H3,6,9,10);1H,2H3. The highest BCUT2D eigenvalue weighted by Crippen LogP contribution is 1.97. The molecule has 0 radical (unpaired) electrons. The van der Waals surface area contributed by atoms with Gasteiger partial charge in [0, 0.05) is 0 Å². The Bertz CT molecular complexity index is 291. The van der Waals surface area contributed by atoms with Gasteiger partial charge in [0.2, 0.25) is 0 Å². The maximum absolute atomic E-state index is 10.2. The Morgan fingerprint density at radius 1 is 1.62 bits per heavy atom. The fourth-order valence-corrected chi connectivity index (χ4v) is 0.506. The summed E-state index contributed by atoms with van der Waals surface area (Å²) in [4.78, 5) is 17.5. The van der Waals surface area contributed by atoms with Crippen LogP contribution in [0.4, 0.5) is 10.5 Å². The zero-order valence-corrected chi connectivity index (χ0v) is 7.19. The largest absolute Gasteiger partial charge is 0.351 e. The molecule has 2 amide bonds. The number of rotatable bonds is 1. The Morgan fingerprint density at radius 2 is 2.08 bits per heavy atom. The molecule has 13 heavy (non-hydrogen) atoms. The molecule has 0 saturated carbocycles. The van der Waals surface area contributed by atoms with Crippen molar-refractivity contribution in [3.63, 3.8) is 0 Å². The first-order valence-electron chi connectivity index (χ1n) is 3.39. The lowest BCUT2D eigenvalue weighted by molar-refractivity contribution is 0.259. The Balaban J connectivity index is 0.000000424. The minimum absolute atomic E-state index is 0.495. The van der Waals surface area contributed by atoms with Crippen LogP contribution < -0.4 is 11.1 Å².